The lowest BCUT2D eigenvalue weighted by Crippen LogP contribution is -1.85. The molecule has 0 aliphatic rings. The second-order valence-corrected chi connectivity index (χ2v) is 2.92. The number of carboxylic acid groups (broad SMARTS) is 1. The highest BCUT2D eigenvalue weighted by Gasteiger charge is 1.84. The van der Waals surface area contributed by atoms with Gasteiger partial charge in [0.15, 0.2) is 0 Å². The van der Waals surface area contributed by atoms with E-state index >= 15 is 0 Å². The van der Waals surface area contributed by atoms with Gasteiger partial charge in [-0.15, -0.1) is 0 Å². The zero-order valence-corrected chi connectivity index (χ0v) is 8.66. The molecule has 0 bridgehead atoms. The molecule has 0 aliphatic carbocycles. The maximum atomic E-state index is 10.0. The van der Waals surface area contributed by atoms with Crippen molar-refractivity contribution < 1.29 is 9.90 Å². The maximum Gasteiger partial charge on any atom is 0.382 e. The molecule has 0 atom stereocenters. The lowest BCUT2D eigenvalue weighted by Gasteiger charge is -1.89. The predicted octanol–water partition coefficient (Wildman–Crippen LogP) is 1.44. The summed E-state index contributed by atoms with van der Waals surface area (Å²) in [7, 11) is 0. The van der Waals surface area contributed by atoms with Crippen molar-refractivity contribution in [3.8, 4) is 35.5 Å². The summed E-state index contributed by atoms with van der Waals surface area (Å²) in [5, 5.41) is 8.20. The second kappa shape index (κ2) is 5.97. The average molecular weight is 208 g/mol. The third-order valence-corrected chi connectivity index (χ3v) is 1.62. The van der Waals surface area contributed by atoms with Gasteiger partial charge in [-0.2, -0.15) is 0 Å². The van der Waals surface area contributed by atoms with Crippen molar-refractivity contribution in [2.75, 3.05) is 0 Å². The van der Waals surface area contributed by atoms with Gasteiger partial charge in [-0.25, -0.2) is 4.79 Å². The molecule has 0 saturated heterocycles. The highest BCUT2D eigenvalue weighted by Crippen LogP contribution is 2.00. The maximum absolute atomic E-state index is 10.0. The number of aryl methyl sites for hydroxylation is 1. The van der Waals surface area contributed by atoms with Gasteiger partial charge in [0.1, 0.15) is 0 Å². The Labute approximate surface area is 94.3 Å². The van der Waals surface area contributed by atoms with Gasteiger partial charge >= 0.3 is 5.97 Å². The number of rotatable bonds is 0. The number of hydrogen-bond donors (Lipinski definition) is 1. The van der Waals surface area contributed by atoms with Crippen LogP contribution in [0.25, 0.3) is 0 Å². The molecule has 16 heavy (non-hydrogen) atoms. The summed E-state index contributed by atoms with van der Waals surface area (Å²) in [4.78, 5) is 10.0. The summed E-state index contributed by atoms with van der Waals surface area (Å²) in [6.07, 6.45) is 0. The minimum Gasteiger partial charge on any atom is -0.472 e. The van der Waals surface area contributed by atoms with Gasteiger partial charge in [-0.1, -0.05) is 23.6 Å². The molecule has 2 heteroatoms. The molecular weight excluding hydrogens is 200 g/mol. The van der Waals surface area contributed by atoms with E-state index in [1.807, 2.05) is 37.1 Å². The SMILES string of the molecule is Cc1ccc(C#CC#CC#CC(=O)O)cc1. The van der Waals surface area contributed by atoms with E-state index in [2.05, 4.69) is 29.6 Å². The first-order valence-electron chi connectivity index (χ1n) is 4.50. The Morgan fingerprint density at radius 3 is 2.31 bits per heavy atom. The predicted molar refractivity (Wildman–Crippen MR) is 61.2 cm³/mol. The summed E-state index contributed by atoms with van der Waals surface area (Å²) in [5.41, 5.74) is 2.04. The van der Waals surface area contributed by atoms with Crippen LogP contribution in [0, 0.1) is 42.4 Å². The Hall–Kier alpha value is -2.63. The minimum absolute atomic E-state index is 0.867. The van der Waals surface area contributed by atoms with E-state index in [4.69, 9.17) is 5.11 Å². The topological polar surface area (TPSA) is 37.3 Å². The summed E-state index contributed by atoms with van der Waals surface area (Å²) in [5.74, 6) is 13.0. The molecule has 0 heterocycles. The average Bonchev–Trinajstić information content (AvgIpc) is 2.25. The molecule has 76 valence electrons. The van der Waals surface area contributed by atoms with E-state index < -0.39 is 5.97 Å². The smallest absolute Gasteiger partial charge is 0.382 e. The summed E-state index contributed by atoms with van der Waals surface area (Å²) in [6, 6.07) is 7.71. The van der Waals surface area contributed by atoms with Crippen LogP contribution in [0.5, 0.6) is 0 Å². The van der Waals surface area contributed by atoms with Gasteiger partial charge in [0.25, 0.3) is 0 Å². The molecule has 0 radical (unpaired) electrons. The van der Waals surface area contributed by atoms with Gasteiger partial charge in [0.2, 0.25) is 0 Å². The zero-order chi connectivity index (χ0) is 11.8. The van der Waals surface area contributed by atoms with E-state index in [-0.39, 0.29) is 0 Å². The fourth-order valence-corrected chi connectivity index (χ4v) is 0.888. The Kier molecular flexibility index (Phi) is 4.27. The summed E-state index contributed by atoms with van der Waals surface area (Å²) in [6.45, 7) is 2.00. The van der Waals surface area contributed by atoms with Crippen LogP contribution >= 0.6 is 0 Å². The van der Waals surface area contributed by atoms with E-state index in [0.717, 1.165) is 5.56 Å². The fourth-order valence-electron chi connectivity index (χ4n) is 0.888. The molecule has 0 saturated carbocycles. The monoisotopic (exact) mass is 208 g/mol. The normalized spacial score (nSPS) is 7.31. The van der Waals surface area contributed by atoms with Gasteiger partial charge in [-0.3, -0.25) is 0 Å². The molecule has 1 aromatic carbocycles. The highest BCUT2D eigenvalue weighted by atomic mass is 16.4. The molecule has 0 fully saturated rings. The van der Waals surface area contributed by atoms with Crippen molar-refractivity contribution in [1.82, 2.24) is 0 Å². The Balaban J connectivity index is 2.66. The third-order valence-electron chi connectivity index (χ3n) is 1.62. The highest BCUT2D eigenvalue weighted by molar-refractivity contribution is 5.87. The van der Waals surface area contributed by atoms with E-state index in [1.165, 1.54) is 5.56 Å². The van der Waals surface area contributed by atoms with Crippen LogP contribution in [0.3, 0.4) is 0 Å². The van der Waals surface area contributed by atoms with Crippen LogP contribution in [0.15, 0.2) is 24.3 Å². The Morgan fingerprint density at radius 2 is 1.69 bits per heavy atom. The molecule has 0 spiro atoms. The molecule has 1 aromatic rings. The van der Waals surface area contributed by atoms with Crippen molar-refractivity contribution in [1.29, 1.82) is 0 Å². The number of carboxylic acids is 1. The van der Waals surface area contributed by atoms with Gasteiger partial charge < -0.3 is 5.11 Å². The van der Waals surface area contributed by atoms with Crippen LogP contribution in [-0.4, -0.2) is 11.1 Å². The molecule has 0 unspecified atom stereocenters. The molecular formula is C14H8O2. The first kappa shape index (κ1) is 11.4. The minimum atomic E-state index is -1.19. The number of hydrogen-bond acceptors (Lipinski definition) is 1. The Bertz CT molecular complexity index is 561. The summed E-state index contributed by atoms with van der Waals surface area (Å²) < 4.78 is 0. The number of benzene rings is 1. The van der Waals surface area contributed by atoms with Crippen molar-refractivity contribution in [3.05, 3.63) is 35.4 Å². The molecule has 0 amide bonds. The summed E-state index contributed by atoms with van der Waals surface area (Å²) >= 11 is 0. The van der Waals surface area contributed by atoms with Crippen LogP contribution < -0.4 is 0 Å². The fraction of sp³-hybridized carbons (Fsp3) is 0.0714. The molecule has 0 aromatic heterocycles. The van der Waals surface area contributed by atoms with Crippen molar-refractivity contribution in [2.45, 2.75) is 6.92 Å². The van der Waals surface area contributed by atoms with E-state index in [1.54, 1.807) is 0 Å². The van der Waals surface area contributed by atoms with Gasteiger partial charge in [0.05, 0.1) is 0 Å². The van der Waals surface area contributed by atoms with Crippen LogP contribution in [0.1, 0.15) is 11.1 Å². The van der Waals surface area contributed by atoms with Crippen LogP contribution in [0.4, 0.5) is 0 Å². The first-order valence-corrected chi connectivity index (χ1v) is 4.50. The molecule has 1 N–H and O–H groups in total. The standard InChI is InChI=1S/C14H8O2/c1-12-8-10-13(11-9-12)6-4-2-3-5-7-14(15)16/h8-11H,1H3,(H,15,16). The lowest BCUT2D eigenvalue weighted by molar-refractivity contribution is -0.130. The van der Waals surface area contributed by atoms with Crippen molar-refractivity contribution in [3.63, 3.8) is 0 Å². The third kappa shape index (κ3) is 4.56. The Morgan fingerprint density at radius 1 is 1.06 bits per heavy atom. The number of carbonyl (C=O) groups is 1. The van der Waals surface area contributed by atoms with E-state index in [0.29, 0.717) is 0 Å². The lowest BCUT2D eigenvalue weighted by atomic mass is 10.2. The first-order chi connectivity index (χ1) is 7.68. The molecule has 2 nitrogen and oxygen atoms in total. The van der Waals surface area contributed by atoms with E-state index in [9.17, 15) is 4.79 Å². The van der Waals surface area contributed by atoms with Crippen LogP contribution in [0.2, 0.25) is 0 Å². The largest absolute Gasteiger partial charge is 0.472 e. The van der Waals surface area contributed by atoms with Gasteiger partial charge in [-0.05, 0) is 42.7 Å². The van der Waals surface area contributed by atoms with Crippen molar-refractivity contribution in [2.24, 2.45) is 0 Å². The molecule has 0 aliphatic heterocycles. The quantitative estimate of drug-likeness (QED) is 0.655. The molecule has 1 rings (SSSR count). The zero-order valence-electron chi connectivity index (χ0n) is 8.66. The second-order valence-electron chi connectivity index (χ2n) is 2.92. The van der Waals surface area contributed by atoms with Gasteiger partial charge in [0, 0.05) is 11.5 Å². The number of aliphatic carboxylic acids is 1. The van der Waals surface area contributed by atoms with Crippen LogP contribution in [-0.2, 0) is 4.79 Å². The van der Waals surface area contributed by atoms with Crippen molar-refractivity contribution >= 4 is 5.97 Å².